The Morgan fingerprint density at radius 1 is 1.06 bits per heavy atom. The lowest BCUT2D eigenvalue weighted by molar-refractivity contribution is -0.144. The summed E-state index contributed by atoms with van der Waals surface area (Å²) in [7, 11) is -3.34. The molecule has 0 radical (unpaired) electrons. The summed E-state index contributed by atoms with van der Waals surface area (Å²) in [6, 6.07) is 7.74. The van der Waals surface area contributed by atoms with Gasteiger partial charge in [0, 0.05) is 6.54 Å². The van der Waals surface area contributed by atoms with Crippen LogP contribution < -0.4 is 9.46 Å². The van der Waals surface area contributed by atoms with Gasteiger partial charge in [-0.2, -0.15) is 0 Å². The molecule has 31 heavy (non-hydrogen) atoms. The summed E-state index contributed by atoms with van der Waals surface area (Å²) in [4.78, 5) is 15.1. The fraction of sp³-hybridized carbons (Fsp3) is 0.696. The number of piperidine rings is 1. The largest absolute Gasteiger partial charge is 0.483 e. The van der Waals surface area contributed by atoms with E-state index in [1.165, 1.54) is 5.56 Å². The smallest absolute Gasteiger partial charge is 0.260 e. The molecule has 1 saturated carbocycles. The summed E-state index contributed by atoms with van der Waals surface area (Å²) < 4.78 is 40.4. The van der Waals surface area contributed by atoms with E-state index in [2.05, 4.69) is 10.8 Å². The van der Waals surface area contributed by atoms with Gasteiger partial charge in [0.15, 0.2) is 6.61 Å². The molecule has 2 bridgehead atoms. The first kappa shape index (κ1) is 21.2. The molecular formula is C23H32N2O5S. The zero-order valence-electron chi connectivity index (χ0n) is 17.9. The molecule has 8 heteroatoms. The van der Waals surface area contributed by atoms with Crippen LogP contribution in [0.5, 0.6) is 5.75 Å². The van der Waals surface area contributed by atoms with E-state index in [9.17, 15) is 13.2 Å². The van der Waals surface area contributed by atoms with Crippen molar-refractivity contribution < 1.29 is 22.7 Å². The van der Waals surface area contributed by atoms with Gasteiger partial charge in [-0.25, -0.2) is 13.1 Å². The highest BCUT2D eigenvalue weighted by atomic mass is 32.2. The number of benzene rings is 1. The van der Waals surface area contributed by atoms with Crippen LogP contribution in [0.3, 0.4) is 0 Å². The third kappa shape index (κ3) is 4.22. The van der Waals surface area contributed by atoms with Crippen molar-refractivity contribution in [2.75, 3.05) is 25.5 Å². The highest BCUT2D eigenvalue weighted by Gasteiger charge is 2.50. The molecule has 2 saturated heterocycles. The number of fused-ring (bicyclic) bond motifs is 5. The lowest BCUT2D eigenvalue weighted by Crippen LogP contribution is -2.69. The number of nitrogens with one attached hydrogen (secondary N) is 1. The Hall–Kier alpha value is -1.64. The molecule has 4 heterocycles. The molecule has 1 aliphatic carbocycles. The van der Waals surface area contributed by atoms with Crippen LogP contribution in [0.25, 0.3) is 0 Å². The fourth-order valence-electron chi connectivity index (χ4n) is 6.07. The maximum Gasteiger partial charge on any atom is 0.260 e. The Morgan fingerprint density at radius 2 is 1.84 bits per heavy atom. The molecule has 1 spiro atoms. The van der Waals surface area contributed by atoms with Crippen molar-refractivity contribution in [1.82, 2.24) is 9.62 Å². The Morgan fingerprint density at radius 3 is 2.65 bits per heavy atom. The van der Waals surface area contributed by atoms with Gasteiger partial charge in [-0.1, -0.05) is 18.2 Å². The molecule has 4 aliphatic heterocycles. The van der Waals surface area contributed by atoms with Crippen molar-refractivity contribution in [1.29, 1.82) is 0 Å². The number of hydrogen-bond donors (Lipinski definition) is 1. The van der Waals surface area contributed by atoms with Crippen LogP contribution >= 0.6 is 0 Å². The molecule has 6 rings (SSSR count). The van der Waals surface area contributed by atoms with Crippen molar-refractivity contribution in [3.05, 3.63) is 29.8 Å². The highest BCUT2D eigenvalue weighted by molar-refractivity contribution is 7.89. The van der Waals surface area contributed by atoms with Gasteiger partial charge in [-0.15, -0.1) is 0 Å². The predicted molar refractivity (Wildman–Crippen MR) is 117 cm³/mol. The summed E-state index contributed by atoms with van der Waals surface area (Å²) in [5.41, 5.74) is 0.542. The minimum Gasteiger partial charge on any atom is -0.483 e. The second kappa shape index (κ2) is 8.37. The molecule has 2 unspecified atom stereocenters. The number of carbonyl (C=O) groups is 1. The van der Waals surface area contributed by atoms with Gasteiger partial charge in [-0.05, 0) is 68.9 Å². The van der Waals surface area contributed by atoms with E-state index >= 15 is 0 Å². The Balaban J connectivity index is 1.47. The topological polar surface area (TPSA) is 84.9 Å². The standard InChI is InChI=1S/C23H32N2O5S/c26-22-16-30-20-6-2-1-5-19(20)17-7-9-18(10-8-17)29-15-21-23(11-3-13-25(21)22)12-4-14-31(27,28)24-23/h1-2,5-6,17-18,21,24H,3-4,7-16H2. The van der Waals surface area contributed by atoms with Gasteiger partial charge in [0.2, 0.25) is 10.0 Å². The van der Waals surface area contributed by atoms with Crippen LogP contribution in [0, 0.1) is 0 Å². The second-order valence-electron chi connectivity index (χ2n) is 9.52. The van der Waals surface area contributed by atoms with E-state index in [1.54, 1.807) is 0 Å². The van der Waals surface area contributed by atoms with Gasteiger partial charge in [0.05, 0.1) is 30.0 Å². The van der Waals surface area contributed by atoms with Crippen LogP contribution in [0.2, 0.25) is 0 Å². The van der Waals surface area contributed by atoms with E-state index in [0.29, 0.717) is 25.5 Å². The normalized spacial score (nSPS) is 35.8. The first-order chi connectivity index (χ1) is 15.0. The summed E-state index contributed by atoms with van der Waals surface area (Å²) in [6.07, 6.45) is 7.02. The molecule has 1 N–H and O–H groups in total. The van der Waals surface area contributed by atoms with Gasteiger partial charge in [0.1, 0.15) is 5.75 Å². The number of nitrogens with zero attached hydrogens (tertiary/aromatic N) is 1. The average molecular weight is 449 g/mol. The highest BCUT2D eigenvalue weighted by Crippen LogP contribution is 2.40. The third-order valence-corrected chi connectivity index (χ3v) is 9.17. The number of ether oxygens (including phenoxy) is 2. The van der Waals surface area contributed by atoms with Gasteiger partial charge in [0.25, 0.3) is 5.91 Å². The van der Waals surface area contributed by atoms with Crippen LogP contribution in [0.1, 0.15) is 62.8 Å². The number of amides is 1. The van der Waals surface area contributed by atoms with Gasteiger partial charge < -0.3 is 14.4 Å². The molecule has 2 atom stereocenters. The predicted octanol–water partition coefficient (Wildman–Crippen LogP) is 2.56. The molecule has 1 aromatic carbocycles. The van der Waals surface area contributed by atoms with E-state index in [0.717, 1.165) is 50.7 Å². The van der Waals surface area contributed by atoms with Gasteiger partial charge >= 0.3 is 0 Å². The van der Waals surface area contributed by atoms with Crippen molar-refractivity contribution >= 4 is 15.9 Å². The maximum atomic E-state index is 13.3. The molecule has 5 aliphatic rings. The summed E-state index contributed by atoms with van der Waals surface area (Å²) >= 11 is 0. The minimum absolute atomic E-state index is 0.0352. The van der Waals surface area contributed by atoms with Crippen molar-refractivity contribution in [2.45, 2.75) is 75.0 Å². The first-order valence-corrected chi connectivity index (χ1v) is 13.3. The van der Waals surface area contributed by atoms with E-state index in [-0.39, 0.29) is 30.4 Å². The zero-order chi connectivity index (χ0) is 21.5. The SMILES string of the molecule is O=C1COc2ccccc2C2CCC(CC2)OCC2N1CCCC21CCCS(=O)(=O)N1. The van der Waals surface area contributed by atoms with E-state index in [1.807, 2.05) is 23.1 Å². The monoisotopic (exact) mass is 448 g/mol. The van der Waals surface area contributed by atoms with E-state index in [4.69, 9.17) is 9.47 Å². The number of para-hydroxylation sites is 1. The van der Waals surface area contributed by atoms with Crippen LogP contribution in [0.4, 0.5) is 0 Å². The van der Waals surface area contributed by atoms with Crippen molar-refractivity contribution in [3.8, 4) is 5.75 Å². The molecular weight excluding hydrogens is 416 g/mol. The van der Waals surface area contributed by atoms with Crippen molar-refractivity contribution in [2.24, 2.45) is 0 Å². The Bertz CT molecular complexity index is 924. The Kier molecular flexibility index (Phi) is 5.73. The molecule has 0 aromatic heterocycles. The number of carbonyl (C=O) groups excluding carboxylic acids is 1. The molecule has 170 valence electrons. The minimum atomic E-state index is -3.34. The quantitative estimate of drug-likeness (QED) is 0.659. The fourth-order valence-corrected chi connectivity index (χ4v) is 7.66. The number of rotatable bonds is 0. The van der Waals surface area contributed by atoms with Gasteiger partial charge in [-0.3, -0.25) is 4.79 Å². The lowest BCUT2D eigenvalue weighted by atomic mass is 9.78. The summed E-state index contributed by atoms with van der Waals surface area (Å²) in [6.45, 7) is 0.942. The average Bonchev–Trinajstić information content (AvgIpc) is 2.77. The second-order valence-corrected chi connectivity index (χ2v) is 11.4. The third-order valence-electron chi connectivity index (χ3n) is 7.63. The van der Waals surface area contributed by atoms with Crippen LogP contribution in [-0.4, -0.2) is 62.4 Å². The molecule has 1 aromatic rings. The summed E-state index contributed by atoms with van der Waals surface area (Å²) in [5.74, 6) is 1.27. The van der Waals surface area contributed by atoms with Crippen molar-refractivity contribution in [3.63, 3.8) is 0 Å². The lowest BCUT2D eigenvalue weighted by Gasteiger charge is -2.51. The number of hydrogen-bond acceptors (Lipinski definition) is 5. The Labute approximate surface area is 184 Å². The molecule has 3 fully saturated rings. The van der Waals surface area contributed by atoms with Crippen LogP contribution in [0.15, 0.2) is 24.3 Å². The number of sulfonamides is 1. The zero-order valence-corrected chi connectivity index (χ0v) is 18.7. The van der Waals surface area contributed by atoms with Crippen LogP contribution in [-0.2, 0) is 19.6 Å². The van der Waals surface area contributed by atoms with E-state index < -0.39 is 15.6 Å². The molecule has 1 amide bonds. The maximum absolute atomic E-state index is 13.3. The molecule has 7 nitrogen and oxygen atoms in total. The summed E-state index contributed by atoms with van der Waals surface area (Å²) in [5, 5.41) is 0. The first-order valence-electron chi connectivity index (χ1n) is 11.6.